The predicted octanol–water partition coefficient (Wildman–Crippen LogP) is 4.49. The summed E-state index contributed by atoms with van der Waals surface area (Å²) in [7, 11) is -5.81. The van der Waals surface area contributed by atoms with Crippen LogP contribution in [0.15, 0.2) is 53.5 Å². The SMILES string of the molecule is C=C1CO[C@H]2O[C@H](CO[Si](C)(C)C(C)(C)C)[C@@H]3[C@@H](C(=C)CN3S(=O)(=O)c3ccc(C)cc3)[C@@H]12. The average Bonchev–Trinajstić information content (AvgIpc) is 3.26. The molecule has 0 unspecified atom stereocenters. The molecular formula is C25H37NO5SSi. The molecule has 3 fully saturated rings. The van der Waals surface area contributed by atoms with Gasteiger partial charge in [0.25, 0.3) is 0 Å². The van der Waals surface area contributed by atoms with E-state index in [4.69, 9.17) is 13.9 Å². The third kappa shape index (κ3) is 4.30. The van der Waals surface area contributed by atoms with Gasteiger partial charge >= 0.3 is 0 Å². The van der Waals surface area contributed by atoms with Gasteiger partial charge in [0.2, 0.25) is 10.0 Å². The quantitative estimate of drug-likeness (QED) is 0.449. The summed E-state index contributed by atoms with van der Waals surface area (Å²) in [6.45, 7) is 22.4. The fourth-order valence-electron chi connectivity index (χ4n) is 4.83. The van der Waals surface area contributed by atoms with Crippen LogP contribution in [-0.4, -0.2) is 59.2 Å². The molecule has 0 amide bonds. The molecule has 4 rings (SSSR count). The molecule has 0 bridgehead atoms. The van der Waals surface area contributed by atoms with E-state index in [0.717, 1.165) is 16.7 Å². The minimum atomic E-state index is -3.74. The van der Waals surface area contributed by atoms with Gasteiger partial charge in [-0.2, -0.15) is 4.31 Å². The minimum Gasteiger partial charge on any atom is -0.414 e. The Morgan fingerprint density at radius 1 is 1.12 bits per heavy atom. The number of sulfonamides is 1. The fraction of sp³-hybridized carbons (Fsp3) is 0.600. The Morgan fingerprint density at radius 3 is 2.36 bits per heavy atom. The van der Waals surface area contributed by atoms with E-state index in [2.05, 4.69) is 47.0 Å². The lowest BCUT2D eigenvalue weighted by Gasteiger charge is -2.45. The van der Waals surface area contributed by atoms with E-state index in [0.29, 0.717) is 13.2 Å². The molecule has 0 aliphatic carbocycles. The van der Waals surface area contributed by atoms with Crippen molar-refractivity contribution in [3.8, 4) is 0 Å². The van der Waals surface area contributed by atoms with Crippen molar-refractivity contribution < 1.29 is 22.3 Å². The predicted molar refractivity (Wildman–Crippen MR) is 132 cm³/mol. The summed E-state index contributed by atoms with van der Waals surface area (Å²) in [6.07, 6.45) is -0.888. The lowest BCUT2D eigenvalue weighted by molar-refractivity contribution is -0.214. The van der Waals surface area contributed by atoms with Crippen molar-refractivity contribution in [3.63, 3.8) is 0 Å². The number of rotatable bonds is 5. The Balaban J connectivity index is 1.70. The van der Waals surface area contributed by atoms with Crippen molar-refractivity contribution in [1.29, 1.82) is 0 Å². The van der Waals surface area contributed by atoms with Gasteiger partial charge in [-0.25, -0.2) is 8.42 Å². The highest BCUT2D eigenvalue weighted by molar-refractivity contribution is 7.89. The van der Waals surface area contributed by atoms with Crippen molar-refractivity contribution in [1.82, 2.24) is 4.31 Å². The molecule has 3 aliphatic rings. The van der Waals surface area contributed by atoms with Crippen LogP contribution in [-0.2, 0) is 23.9 Å². The van der Waals surface area contributed by atoms with E-state index >= 15 is 0 Å². The smallest absolute Gasteiger partial charge is 0.243 e. The Labute approximate surface area is 199 Å². The Morgan fingerprint density at radius 2 is 1.76 bits per heavy atom. The van der Waals surface area contributed by atoms with E-state index in [1.165, 1.54) is 0 Å². The van der Waals surface area contributed by atoms with E-state index in [1.54, 1.807) is 16.4 Å². The van der Waals surface area contributed by atoms with Crippen molar-refractivity contribution in [2.24, 2.45) is 11.8 Å². The Bertz CT molecular complexity index is 1040. The van der Waals surface area contributed by atoms with Gasteiger partial charge in [-0.05, 0) is 42.8 Å². The molecule has 1 aromatic carbocycles. The topological polar surface area (TPSA) is 65.1 Å². The average molecular weight is 492 g/mol. The molecule has 3 aliphatic heterocycles. The third-order valence-electron chi connectivity index (χ3n) is 7.85. The first kappa shape index (κ1) is 24.8. The highest BCUT2D eigenvalue weighted by Crippen LogP contribution is 2.50. The highest BCUT2D eigenvalue weighted by Gasteiger charge is 2.58. The number of fused-ring (bicyclic) bond motifs is 3. The molecular weight excluding hydrogens is 454 g/mol. The maximum Gasteiger partial charge on any atom is 0.243 e. The maximum absolute atomic E-state index is 13.8. The Hall–Kier alpha value is -1.29. The zero-order valence-electron chi connectivity index (χ0n) is 20.6. The minimum absolute atomic E-state index is 0.0364. The molecule has 0 radical (unpaired) electrons. The number of aryl methyl sites for hydroxylation is 1. The lowest BCUT2D eigenvalue weighted by atomic mass is 9.77. The normalized spacial score (nSPS) is 31.0. The standard InChI is InChI=1S/C25H37NO5SSi/c1-16-9-11-19(12-10-16)32(27,28)26-13-17(2)21-22-18(3)14-29-24(22)31-20(23(21)26)15-30-33(7,8)25(4,5)6/h9-12,20-24H,2-3,13-15H2,1,4-8H3/t20-,21+,22-,23-,24+/m1/s1. The van der Waals surface area contributed by atoms with Crippen LogP contribution in [0.5, 0.6) is 0 Å². The second-order valence-electron chi connectivity index (χ2n) is 11.1. The van der Waals surface area contributed by atoms with E-state index in [-0.39, 0.29) is 28.3 Å². The van der Waals surface area contributed by atoms with E-state index in [1.807, 2.05) is 19.1 Å². The summed E-state index contributed by atoms with van der Waals surface area (Å²) in [4.78, 5) is 0.286. The van der Waals surface area contributed by atoms with Crippen molar-refractivity contribution in [3.05, 3.63) is 54.1 Å². The molecule has 3 heterocycles. The van der Waals surface area contributed by atoms with Crippen LogP contribution in [0.4, 0.5) is 0 Å². The first-order chi connectivity index (χ1) is 15.2. The number of nitrogens with zero attached hydrogens (tertiary/aromatic N) is 1. The van der Waals surface area contributed by atoms with Crippen LogP contribution < -0.4 is 0 Å². The van der Waals surface area contributed by atoms with Gasteiger partial charge in [0.15, 0.2) is 14.6 Å². The third-order valence-corrected chi connectivity index (χ3v) is 14.2. The summed E-state index contributed by atoms with van der Waals surface area (Å²) in [5, 5.41) is 0.0364. The van der Waals surface area contributed by atoms with Crippen molar-refractivity contribution in [2.45, 2.75) is 69.2 Å². The summed E-state index contributed by atoms with van der Waals surface area (Å²) >= 11 is 0. The van der Waals surface area contributed by atoms with Gasteiger partial charge in [0, 0.05) is 18.4 Å². The first-order valence-corrected chi connectivity index (χ1v) is 15.9. The van der Waals surface area contributed by atoms with Crippen LogP contribution in [0.1, 0.15) is 26.3 Å². The van der Waals surface area contributed by atoms with E-state index < -0.39 is 36.8 Å². The van der Waals surface area contributed by atoms with E-state index in [9.17, 15) is 8.42 Å². The molecule has 0 spiro atoms. The largest absolute Gasteiger partial charge is 0.414 e. The molecule has 3 saturated heterocycles. The molecule has 5 atom stereocenters. The highest BCUT2D eigenvalue weighted by atomic mass is 32.2. The van der Waals surface area contributed by atoms with Gasteiger partial charge in [0.1, 0.15) is 0 Å². The van der Waals surface area contributed by atoms with Crippen LogP contribution in [0.2, 0.25) is 18.1 Å². The van der Waals surface area contributed by atoms with Gasteiger partial charge in [-0.1, -0.05) is 57.2 Å². The summed E-state index contributed by atoms with van der Waals surface area (Å²) in [5.41, 5.74) is 2.84. The zero-order valence-corrected chi connectivity index (χ0v) is 22.4. The molecule has 0 aromatic heterocycles. The van der Waals surface area contributed by atoms with Crippen LogP contribution in [0.3, 0.4) is 0 Å². The van der Waals surface area contributed by atoms with Gasteiger partial charge in [0.05, 0.1) is 30.3 Å². The summed E-state index contributed by atoms with van der Waals surface area (Å²) < 4.78 is 47.9. The molecule has 33 heavy (non-hydrogen) atoms. The summed E-state index contributed by atoms with van der Waals surface area (Å²) in [6, 6.07) is 6.59. The van der Waals surface area contributed by atoms with Gasteiger partial charge in [-0.3, -0.25) is 0 Å². The second kappa shape index (κ2) is 8.43. The van der Waals surface area contributed by atoms with Crippen molar-refractivity contribution in [2.75, 3.05) is 19.8 Å². The van der Waals surface area contributed by atoms with Gasteiger partial charge < -0.3 is 13.9 Å². The van der Waals surface area contributed by atoms with Crippen molar-refractivity contribution >= 4 is 18.3 Å². The van der Waals surface area contributed by atoms with Crippen LogP contribution in [0, 0.1) is 18.8 Å². The molecule has 182 valence electrons. The monoisotopic (exact) mass is 491 g/mol. The maximum atomic E-state index is 13.8. The number of hydrogen-bond acceptors (Lipinski definition) is 5. The van der Waals surface area contributed by atoms with Crippen LogP contribution >= 0.6 is 0 Å². The lowest BCUT2D eigenvalue weighted by Crippen LogP contribution is -2.57. The van der Waals surface area contributed by atoms with Gasteiger partial charge in [-0.15, -0.1) is 0 Å². The molecule has 1 aromatic rings. The summed E-state index contributed by atoms with van der Waals surface area (Å²) in [5.74, 6) is -0.197. The van der Waals surface area contributed by atoms with Crippen LogP contribution in [0.25, 0.3) is 0 Å². The first-order valence-electron chi connectivity index (χ1n) is 11.6. The fourth-order valence-corrected chi connectivity index (χ4v) is 7.52. The molecule has 8 heteroatoms. The number of benzene rings is 1. The number of hydrogen-bond donors (Lipinski definition) is 0. The zero-order chi connectivity index (χ0) is 24.3. The molecule has 6 nitrogen and oxygen atoms in total. The second-order valence-corrected chi connectivity index (χ2v) is 17.8. The molecule has 0 N–H and O–H groups in total. The molecule has 0 saturated carbocycles. The Kier molecular flexibility index (Phi) is 6.34. The number of ether oxygens (including phenoxy) is 2.